The highest BCUT2D eigenvalue weighted by molar-refractivity contribution is 7.92. The number of aliphatic hydroxyl groups is 1. The monoisotopic (exact) mass is 868 g/mol. The topological polar surface area (TPSA) is 173 Å². The van der Waals surface area contributed by atoms with E-state index in [-0.39, 0.29) is 41.6 Å². The van der Waals surface area contributed by atoms with Crippen LogP contribution in [0.15, 0.2) is 82.6 Å². The number of ether oxygens (including phenoxy) is 4. The van der Waals surface area contributed by atoms with Gasteiger partial charge in [-0.1, -0.05) is 23.2 Å². The van der Waals surface area contributed by atoms with Gasteiger partial charge in [0.1, 0.15) is 21.6 Å². The molecule has 0 saturated carbocycles. The molecule has 3 aliphatic heterocycles. The largest absolute Gasteiger partial charge is 0.490 e. The molecule has 4 aromatic rings. The van der Waals surface area contributed by atoms with Crippen LogP contribution in [-0.2, 0) is 33.9 Å². The Balaban J connectivity index is 0.000000193. The maximum absolute atomic E-state index is 15.0. The fraction of sp³-hybridized carbons (Fsp3) is 0.316. The number of nitriles is 2. The fourth-order valence-electron chi connectivity index (χ4n) is 7.36. The predicted octanol–water partition coefficient (Wildman–Crippen LogP) is 6.65. The van der Waals surface area contributed by atoms with Gasteiger partial charge >= 0.3 is 0 Å². The second kappa shape index (κ2) is 16.8. The summed E-state index contributed by atoms with van der Waals surface area (Å²) in [7, 11) is -8.57. The van der Waals surface area contributed by atoms with Crippen molar-refractivity contribution < 1.29 is 58.5 Å². The van der Waals surface area contributed by atoms with Gasteiger partial charge < -0.3 is 24.1 Å². The molecule has 3 heterocycles. The molecule has 0 aromatic heterocycles. The van der Waals surface area contributed by atoms with Crippen LogP contribution in [-0.4, -0.2) is 67.2 Å². The van der Waals surface area contributed by atoms with Crippen LogP contribution in [0, 0.1) is 57.8 Å². The third-order valence-electron chi connectivity index (χ3n) is 9.92. The van der Waals surface area contributed by atoms with E-state index in [2.05, 4.69) is 0 Å². The molecule has 1 fully saturated rings. The van der Waals surface area contributed by atoms with Crippen LogP contribution in [0.2, 0.25) is 10.0 Å². The van der Waals surface area contributed by atoms with E-state index in [0.29, 0.717) is 10.0 Å². The van der Waals surface area contributed by atoms with Gasteiger partial charge in [0.2, 0.25) is 0 Å². The molecule has 0 amide bonds. The Morgan fingerprint density at radius 3 is 1.96 bits per heavy atom. The summed E-state index contributed by atoms with van der Waals surface area (Å²) in [5, 5.41) is 26.9. The molecule has 0 unspecified atom stereocenters. The highest BCUT2D eigenvalue weighted by Crippen LogP contribution is 2.55. The van der Waals surface area contributed by atoms with Gasteiger partial charge in [-0.25, -0.2) is 34.4 Å². The quantitative estimate of drug-likeness (QED) is 0.188. The Bertz CT molecular complexity index is 2470. The lowest BCUT2D eigenvalue weighted by atomic mass is 9.76. The standard InChI is InChI=1S/C19H16ClF2NO5S.C19H14ClF2NO4S/c20-11-1-3-12(4-2-11)29(25,26)19-13(16(9-23)27-8-7-24)10-28-18-15(22)6-5-14(21)17(18)19;20-11-1-3-12(4-2-11)28(24,25)19-7-8-26-16(9-23)13(19)10-27-18-15(22)6-5-14(21)17(18)19/h1-6,13,16,19,24H,7-8,10H2;1-6,13,16H,7-8,10H2/t13-,16+,19-;13-,16-,19-/m00/s1. The van der Waals surface area contributed by atoms with E-state index in [0.717, 1.165) is 24.3 Å². The summed E-state index contributed by atoms with van der Waals surface area (Å²) in [4.78, 5) is -0.274. The van der Waals surface area contributed by atoms with Crippen LogP contribution in [0.25, 0.3) is 0 Å². The molecule has 6 atom stereocenters. The summed E-state index contributed by atoms with van der Waals surface area (Å²) in [6.07, 6.45) is -2.63. The smallest absolute Gasteiger partial charge is 0.189 e. The van der Waals surface area contributed by atoms with Crippen LogP contribution in [0.4, 0.5) is 17.6 Å². The first-order chi connectivity index (χ1) is 27.1. The zero-order valence-electron chi connectivity index (χ0n) is 29.2. The van der Waals surface area contributed by atoms with Crippen LogP contribution in [0.1, 0.15) is 22.8 Å². The summed E-state index contributed by atoms with van der Waals surface area (Å²) >= 11 is 11.7. The number of hydrogen-bond acceptors (Lipinski definition) is 11. The Morgan fingerprint density at radius 1 is 0.807 bits per heavy atom. The third kappa shape index (κ3) is 7.54. The van der Waals surface area contributed by atoms with Crippen molar-refractivity contribution in [1.82, 2.24) is 0 Å². The Kier molecular flexibility index (Phi) is 12.4. The van der Waals surface area contributed by atoms with E-state index in [1.165, 1.54) is 48.5 Å². The highest BCUT2D eigenvalue weighted by atomic mass is 35.5. The number of benzene rings is 4. The number of rotatable bonds is 8. The van der Waals surface area contributed by atoms with Crippen molar-refractivity contribution in [3.63, 3.8) is 0 Å². The molecule has 0 aliphatic carbocycles. The van der Waals surface area contributed by atoms with Crippen molar-refractivity contribution >= 4 is 42.9 Å². The summed E-state index contributed by atoms with van der Waals surface area (Å²) in [6.45, 7) is -1.43. The number of halogens is 6. The summed E-state index contributed by atoms with van der Waals surface area (Å²) < 4.78 is 132. The van der Waals surface area contributed by atoms with Crippen LogP contribution in [0.5, 0.6) is 11.5 Å². The Labute approximate surface area is 334 Å². The predicted molar refractivity (Wildman–Crippen MR) is 195 cm³/mol. The van der Waals surface area contributed by atoms with E-state index in [4.69, 9.17) is 47.3 Å². The van der Waals surface area contributed by atoms with Crippen molar-refractivity contribution in [1.29, 1.82) is 10.5 Å². The molecule has 1 saturated heterocycles. The Morgan fingerprint density at radius 2 is 1.37 bits per heavy atom. The molecule has 300 valence electrons. The normalized spacial score (nSPS) is 23.0. The first-order valence-electron chi connectivity index (χ1n) is 17.0. The van der Waals surface area contributed by atoms with E-state index in [1.54, 1.807) is 0 Å². The van der Waals surface area contributed by atoms with E-state index in [1.807, 2.05) is 12.1 Å². The van der Waals surface area contributed by atoms with Gasteiger partial charge in [0.25, 0.3) is 0 Å². The summed E-state index contributed by atoms with van der Waals surface area (Å²) in [5.74, 6) is -6.81. The molecular weight excluding hydrogens is 839 g/mol. The van der Waals surface area contributed by atoms with E-state index < -0.39 is 107 Å². The van der Waals surface area contributed by atoms with Gasteiger partial charge in [0.05, 0.1) is 77.9 Å². The molecule has 0 bridgehead atoms. The van der Waals surface area contributed by atoms with Crippen molar-refractivity contribution in [3.8, 4) is 23.6 Å². The first-order valence-corrected chi connectivity index (χ1v) is 20.8. The fourth-order valence-corrected chi connectivity index (χ4v) is 11.9. The average Bonchev–Trinajstić information content (AvgIpc) is 3.20. The molecule has 19 heteroatoms. The molecule has 0 spiro atoms. The second-order valence-corrected chi connectivity index (χ2v) is 18.1. The van der Waals surface area contributed by atoms with Crippen LogP contribution in [0.3, 0.4) is 0 Å². The molecule has 3 aliphatic rings. The minimum Gasteiger partial charge on any atom is -0.490 e. The lowest BCUT2D eigenvalue weighted by Crippen LogP contribution is -2.57. The molecule has 57 heavy (non-hydrogen) atoms. The van der Waals surface area contributed by atoms with Gasteiger partial charge in [-0.05, 0) is 79.2 Å². The zero-order valence-corrected chi connectivity index (χ0v) is 32.4. The molecule has 11 nitrogen and oxygen atoms in total. The summed E-state index contributed by atoms with van der Waals surface area (Å²) in [5.41, 5.74) is -0.883. The lowest BCUT2D eigenvalue weighted by Gasteiger charge is -2.48. The van der Waals surface area contributed by atoms with E-state index >= 15 is 0 Å². The molecule has 1 N–H and O–H groups in total. The lowest BCUT2D eigenvalue weighted by molar-refractivity contribution is -0.0441. The number of aliphatic hydroxyl groups excluding tert-OH is 1. The minimum absolute atomic E-state index is 0.1000. The number of fused-ring (bicyclic) bond motifs is 4. The van der Waals surface area contributed by atoms with Gasteiger partial charge in [0, 0.05) is 10.0 Å². The van der Waals surface area contributed by atoms with Gasteiger partial charge in [-0.15, -0.1) is 0 Å². The SMILES string of the molecule is N#C[C@@H](OCCO)[C@@H]1COc2c(F)ccc(F)c2[C@H]1S(=O)(=O)c1ccc(Cl)cc1.N#C[C@@H]1OCC[C@@]2(S(=O)(=O)c3ccc(Cl)cc3)c3c(F)ccc(F)c3OC[C@@H]12. The van der Waals surface area contributed by atoms with Crippen LogP contribution < -0.4 is 9.47 Å². The van der Waals surface area contributed by atoms with Gasteiger partial charge in [0.15, 0.2) is 55.0 Å². The molecule has 4 aromatic carbocycles. The van der Waals surface area contributed by atoms with Crippen molar-refractivity contribution in [3.05, 3.63) is 117 Å². The van der Waals surface area contributed by atoms with E-state index in [9.17, 15) is 44.9 Å². The maximum atomic E-state index is 15.0. The van der Waals surface area contributed by atoms with Gasteiger partial charge in [-0.2, -0.15) is 10.5 Å². The highest BCUT2D eigenvalue weighted by Gasteiger charge is 2.62. The minimum atomic E-state index is -4.30. The molecular formula is C38H30Cl2F4N2O9S2. The zero-order chi connectivity index (χ0) is 41.3. The molecule has 7 rings (SSSR count). The van der Waals surface area contributed by atoms with Gasteiger partial charge in [-0.3, -0.25) is 0 Å². The van der Waals surface area contributed by atoms with Crippen LogP contribution >= 0.6 is 23.2 Å². The first kappa shape index (κ1) is 42.2. The summed E-state index contributed by atoms with van der Waals surface area (Å²) in [6, 6.07) is 17.8. The van der Waals surface area contributed by atoms with Crippen molar-refractivity contribution in [2.24, 2.45) is 11.8 Å². The number of nitrogens with zero attached hydrogens (tertiary/aromatic N) is 2. The third-order valence-corrected chi connectivity index (χ3v) is 15.2. The Hall–Kier alpha value is -4.46. The average molecular weight is 870 g/mol. The van der Waals surface area contributed by atoms with Crippen molar-refractivity contribution in [2.45, 2.75) is 38.4 Å². The number of hydrogen-bond donors (Lipinski definition) is 1. The maximum Gasteiger partial charge on any atom is 0.189 e. The number of sulfone groups is 2. The second-order valence-electron chi connectivity index (χ2n) is 13.0. The molecule has 0 radical (unpaired) electrons. The van der Waals surface area contributed by atoms with Crippen molar-refractivity contribution in [2.75, 3.05) is 33.0 Å².